The molecule has 0 spiro atoms. The Morgan fingerprint density at radius 1 is 0.950 bits per heavy atom. The third kappa shape index (κ3) is 3.60. The quantitative estimate of drug-likeness (QED) is 0.877. The van der Waals surface area contributed by atoms with E-state index in [0.29, 0.717) is 11.6 Å². The molecular formula is C17H20N2O. The average Bonchev–Trinajstić information content (AvgIpc) is 2.41. The molecule has 20 heavy (non-hydrogen) atoms. The molecule has 2 rings (SSSR count). The van der Waals surface area contributed by atoms with E-state index >= 15 is 0 Å². The highest BCUT2D eigenvalue weighted by Gasteiger charge is 2.08. The van der Waals surface area contributed by atoms with Crippen LogP contribution < -0.4 is 10.6 Å². The molecule has 2 N–H and O–H groups in total. The van der Waals surface area contributed by atoms with Crippen molar-refractivity contribution in [3.05, 3.63) is 59.7 Å². The molecular weight excluding hydrogens is 248 g/mol. The van der Waals surface area contributed by atoms with E-state index in [0.717, 1.165) is 16.9 Å². The predicted octanol–water partition coefficient (Wildman–Crippen LogP) is 4.07. The normalized spacial score (nSPS) is 10.4. The van der Waals surface area contributed by atoms with Crippen molar-refractivity contribution < 1.29 is 4.79 Å². The van der Waals surface area contributed by atoms with E-state index in [4.69, 9.17) is 0 Å². The summed E-state index contributed by atoms with van der Waals surface area (Å²) in [5.41, 5.74) is 3.53. The number of rotatable bonds is 4. The average molecular weight is 268 g/mol. The Balaban J connectivity index is 2.07. The molecule has 0 aliphatic rings. The van der Waals surface area contributed by atoms with Crippen LogP contribution in [0.15, 0.2) is 48.5 Å². The van der Waals surface area contributed by atoms with E-state index in [2.05, 4.69) is 24.5 Å². The molecule has 0 aliphatic heterocycles. The van der Waals surface area contributed by atoms with Crippen molar-refractivity contribution in [2.45, 2.75) is 26.8 Å². The van der Waals surface area contributed by atoms with Crippen LogP contribution in [0.4, 0.5) is 11.4 Å². The summed E-state index contributed by atoms with van der Waals surface area (Å²) in [4.78, 5) is 12.2. The summed E-state index contributed by atoms with van der Waals surface area (Å²) in [7, 11) is 0. The van der Waals surface area contributed by atoms with E-state index in [1.807, 2.05) is 55.5 Å². The second-order valence-electron chi connectivity index (χ2n) is 5.15. The molecule has 0 aromatic heterocycles. The van der Waals surface area contributed by atoms with Crippen LogP contribution >= 0.6 is 0 Å². The van der Waals surface area contributed by atoms with Gasteiger partial charge in [-0.3, -0.25) is 4.79 Å². The number of benzene rings is 2. The van der Waals surface area contributed by atoms with Gasteiger partial charge in [-0.05, 0) is 56.7 Å². The first-order valence-electron chi connectivity index (χ1n) is 6.80. The Kier molecular flexibility index (Phi) is 4.41. The zero-order valence-electron chi connectivity index (χ0n) is 12.1. The summed E-state index contributed by atoms with van der Waals surface area (Å²) >= 11 is 0. The van der Waals surface area contributed by atoms with E-state index < -0.39 is 0 Å². The van der Waals surface area contributed by atoms with Crippen molar-refractivity contribution >= 4 is 17.3 Å². The maximum atomic E-state index is 12.2. The van der Waals surface area contributed by atoms with Gasteiger partial charge in [-0.15, -0.1) is 0 Å². The van der Waals surface area contributed by atoms with Crippen LogP contribution in [0.1, 0.15) is 29.8 Å². The molecule has 0 heterocycles. The summed E-state index contributed by atoms with van der Waals surface area (Å²) in [5, 5.41) is 6.23. The van der Waals surface area contributed by atoms with Gasteiger partial charge in [0.25, 0.3) is 5.91 Å². The summed E-state index contributed by atoms with van der Waals surface area (Å²) < 4.78 is 0. The van der Waals surface area contributed by atoms with E-state index in [1.165, 1.54) is 0 Å². The molecule has 0 saturated heterocycles. The van der Waals surface area contributed by atoms with Crippen molar-refractivity contribution in [1.29, 1.82) is 0 Å². The Labute approximate surface area is 120 Å². The third-order valence-corrected chi connectivity index (χ3v) is 2.99. The fourth-order valence-corrected chi connectivity index (χ4v) is 2.01. The number of amides is 1. The van der Waals surface area contributed by atoms with Crippen LogP contribution in [0.25, 0.3) is 0 Å². The minimum absolute atomic E-state index is 0.0762. The molecule has 0 radical (unpaired) electrons. The highest BCUT2D eigenvalue weighted by molar-refractivity contribution is 6.05. The van der Waals surface area contributed by atoms with Crippen LogP contribution in [-0.4, -0.2) is 11.9 Å². The van der Waals surface area contributed by atoms with Crippen molar-refractivity contribution in [2.75, 3.05) is 10.6 Å². The van der Waals surface area contributed by atoms with Gasteiger partial charge < -0.3 is 10.6 Å². The molecule has 2 aromatic carbocycles. The SMILES string of the molecule is Cc1ccccc1C(=O)Nc1ccc(NC(C)C)cc1. The van der Waals surface area contributed by atoms with Crippen molar-refractivity contribution in [1.82, 2.24) is 0 Å². The minimum atomic E-state index is -0.0762. The number of carbonyl (C=O) groups excluding carboxylic acids is 1. The number of hydrogen-bond donors (Lipinski definition) is 2. The topological polar surface area (TPSA) is 41.1 Å². The number of hydrogen-bond acceptors (Lipinski definition) is 2. The highest BCUT2D eigenvalue weighted by atomic mass is 16.1. The van der Waals surface area contributed by atoms with Crippen LogP contribution in [-0.2, 0) is 0 Å². The monoisotopic (exact) mass is 268 g/mol. The van der Waals surface area contributed by atoms with Gasteiger partial charge in [-0.25, -0.2) is 0 Å². The van der Waals surface area contributed by atoms with Crippen LogP contribution in [0.2, 0.25) is 0 Å². The van der Waals surface area contributed by atoms with Gasteiger partial charge in [-0.2, -0.15) is 0 Å². The van der Waals surface area contributed by atoms with Crippen molar-refractivity contribution in [2.24, 2.45) is 0 Å². The Morgan fingerprint density at radius 2 is 1.55 bits per heavy atom. The molecule has 1 amide bonds. The lowest BCUT2D eigenvalue weighted by Gasteiger charge is -2.11. The number of aryl methyl sites for hydroxylation is 1. The van der Waals surface area contributed by atoms with Crippen LogP contribution in [0, 0.1) is 6.92 Å². The summed E-state index contributed by atoms with van der Waals surface area (Å²) in [6.45, 7) is 6.12. The minimum Gasteiger partial charge on any atom is -0.383 e. The second-order valence-corrected chi connectivity index (χ2v) is 5.15. The van der Waals surface area contributed by atoms with E-state index in [1.54, 1.807) is 0 Å². The molecule has 0 fully saturated rings. The van der Waals surface area contributed by atoms with Gasteiger partial charge in [0.15, 0.2) is 0 Å². The number of anilines is 2. The lowest BCUT2D eigenvalue weighted by Crippen LogP contribution is -2.13. The lowest BCUT2D eigenvalue weighted by atomic mass is 10.1. The molecule has 3 heteroatoms. The summed E-state index contributed by atoms with van der Waals surface area (Å²) in [5.74, 6) is -0.0762. The van der Waals surface area contributed by atoms with Gasteiger partial charge in [0, 0.05) is 23.0 Å². The lowest BCUT2D eigenvalue weighted by molar-refractivity contribution is 0.102. The number of carbonyl (C=O) groups is 1. The maximum absolute atomic E-state index is 12.2. The van der Waals surface area contributed by atoms with Crippen molar-refractivity contribution in [3.8, 4) is 0 Å². The van der Waals surface area contributed by atoms with Crippen LogP contribution in [0.3, 0.4) is 0 Å². The zero-order valence-corrected chi connectivity index (χ0v) is 12.1. The zero-order chi connectivity index (χ0) is 14.5. The first-order chi connectivity index (χ1) is 9.56. The molecule has 0 aliphatic carbocycles. The van der Waals surface area contributed by atoms with Gasteiger partial charge in [-0.1, -0.05) is 18.2 Å². The predicted molar refractivity (Wildman–Crippen MR) is 84.3 cm³/mol. The summed E-state index contributed by atoms with van der Waals surface area (Å²) in [6.07, 6.45) is 0. The van der Waals surface area contributed by atoms with Gasteiger partial charge in [0.2, 0.25) is 0 Å². The Morgan fingerprint density at radius 3 is 2.15 bits per heavy atom. The summed E-state index contributed by atoms with van der Waals surface area (Å²) in [6, 6.07) is 15.7. The van der Waals surface area contributed by atoms with Gasteiger partial charge >= 0.3 is 0 Å². The largest absolute Gasteiger partial charge is 0.383 e. The molecule has 104 valence electrons. The third-order valence-electron chi connectivity index (χ3n) is 2.99. The molecule has 0 atom stereocenters. The molecule has 2 aromatic rings. The second kappa shape index (κ2) is 6.24. The van der Waals surface area contributed by atoms with Crippen molar-refractivity contribution in [3.63, 3.8) is 0 Å². The Bertz CT molecular complexity index is 588. The van der Waals surface area contributed by atoms with E-state index in [-0.39, 0.29) is 5.91 Å². The first kappa shape index (κ1) is 14.1. The van der Waals surface area contributed by atoms with Gasteiger partial charge in [0.05, 0.1) is 0 Å². The number of nitrogens with one attached hydrogen (secondary N) is 2. The molecule has 3 nitrogen and oxygen atoms in total. The van der Waals surface area contributed by atoms with Crippen LogP contribution in [0.5, 0.6) is 0 Å². The molecule has 0 unspecified atom stereocenters. The first-order valence-corrected chi connectivity index (χ1v) is 6.80. The Hall–Kier alpha value is -2.29. The maximum Gasteiger partial charge on any atom is 0.255 e. The molecule has 0 bridgehead atoms. The van der Waals surface area contributed by atoms with Gasteiger partial charge in [0.1, 0.15) is 0 Å². The molecule has 0 saturated carbocycles. The fraction of sp³-hybridized carbons (Fsp3) is 0.235. The van der Waals surface area contributed by atoms with E-state index in [9.17, 15) is 4.79 Å². The fourth-order valence-electron chi connectivity index (χ4n) is 2.01. The smallest absolute Gasteiger partial charge is 0.255 e. The highest BCUT2D eigenvalue weighted by Crippen LogP contribution is 2.16. The standard InChI is InChI=1S/C17H20N2O/c1-12(2)18-14-8-10-15(11-9-14)19-17(20)16-7-5-4-6-13(16)3/h4-12,18H,1-3H3,(H,19,20).